The summed E-state index contributed by atoms with van der Waals surface area (Å²) in [6.45, 7) is 1.49. The molecule has 0 radical (unpaired) electrons. The Hall–Kier alpha value is -2.24. The number of piperidine rings is 1. The van der Waals surface area contributed by atoms with Gasteiger partial charge < -0.3 is 16.0 Å². The minimum Gasteiger partial charge on any atom is -0.399 e. The van der Waals surface area contributed by atoms with Crippen molar-refractivity contribution in [2.45, 2.75) is 19.3 Å². The molecule has 5 nitrogen and oxygen atoms in total. The first-order chi connectivity index (χ1) is 12.0. The van der Waals surface area contributed by atoms with Crippen LogP contribution >= 0.6 is 24.0 Å². The minimum absolute atomic E-state index is 0. The highest BCUT2D eigenvalue weighted by Crippen LogP contribution is 2.24. The van der Waals surface area contributed by atoms with Gasteiger partial charge in [0.05, 0.1) is 11.3 Å². The van der Waals surface area contributed by atoms with Gasteiger partial charge in [-0.15, -0.1) is 12.4 Å². The van der Waals surface area contributed by atoms with Crippen LogP contribution in [0.3, 0.4) is 0 Å². The van der Waals surface area contributed by atoms with Crippen LogP contribution in [0, 0.1) is 0 Å². The van der Waals surface area contributed by atoms with E-state index in [1.165, 1.54) is 0 Å². The number of hydrogen-bond acceptors (Lipinski definition) is 3. The maximum Gasteiger partial charge on any atom is 0.255 e. The number of carbonyl (C=O) groups excluding carboxylic acids is 2. The number of likely N-dealkylation sites (tertiary alicyclic amines) is 1. The second kappa shape index (κ2) is 8.92. The van der Waals surface area contributed by atoms with Gasteiger partial charge in [-0.1, -0.05) is 11.6 Å². The number of carbonyl (C=O) groups is 2. The maximum absolute atomic E-state index is 12.8. The summed E-state index contributed by atoms with van der Waals surface area (Å²) in [6.07, 6.45) is 3.16. The lowest BCUT2D eigenvalue weighted by molar-refractivity contribution is 0.0725. The lowest BCUT2D eigenvalue weighted by Gasteiger charge is -2.27. The first-order valence-electron chi connectivity index (χ1n) is 8.30. The summed E-state index contributed by atoms with van der Waals surface area (Å²) in [5, 5.41) is 3.26. The number of hydrogen-bond donors (Lipinski definition) is 2. The molecule has 138 valence electrons. The summed E-state index contributed by atoms with van der Waals surface area (Å²) in [4.78, 5) is 27.1. The van der Waals surface area contributed by atoms with E-state index in [2.05, 4.69) is 5.32 Å². The summed E-state index contributed by atoms with van der Waals surface area (Å²) < 4.78 is 0. The normalized spacial score (nSPS) is 13.7. The van der Waals surface area contributed by atoms with Gasteiger partial charge in [0.1, 0.15) is 0 Å². The van der Waals surface area contributed by atoms with Gasteiger partial charge in [-0.25, -0.2) is 0 Å². The third-order valence-electron chi connectivity index (χ3n) is 4.28. The first kappa shape index (κ1) is 20.1. The van der Waals surface area contributed by atoms with Crippen molar-refractivity contribution in [1.82, 2.24) is 4.90 Å². The topological polar surface area (TPSA) is 75.4 Å². The molecule has 3 rings (SSSR count). The molecule has 0 aromatic heterocycles. The third-order valence-corrected chi connectivity index (χ3v) is 4.51. The molecule has 1 heterocycles. The van der Waals surface area contributed by atoms with Crippen molar-refractivity contribution >= 4 is 47.2 Å². The van der Waals surface area contributed by atoms with Gasteiger partial charge in [0, 0.05) is 29.4 Å². The lowest BCUT2D eigenvalue weighted by Crippen LogP contribution is -2.36. The van der Waals surface area contributed by atoms with E-state index in [0.29, 0.717) is 27.5 Å². The number of benzene rings is 2. The summed E-state index contributed by atoms with van der Waals surface area (Å²) in [6, 6.07) is 11.5. The molecular weight excluding hydrogens is 373 g/mol. The Labute approximate surface area is 163 Å². The molecule has 7 heteroatoms. The van der Waals surface area contributed by atoms with Crippen LogP contribution < -0.4 is 11.1 Å². The van der Waals surface area contributed by atoms with Crippen LogP contribution in [-0.2, 0) is 0 Å². The van der Waals surface area contributed by atoms with Gasteiger partial charge in [0.15, 0.2) is 0 Å². The molecule has 1 aliphatic rings. The molecule has 2 aromatic carbocycles. The van der Waals surface area contributed by atoms with Gasteiger partial charge >= 0.3 is 0 Å². The molecule has 0 unspecified atom stereocenters. The Balaban J connectivity index is 0.00000243. The molecule has 1 fully saturated rings. The van der Waals surface area contributed by atoms with Crippen molar-refractivity contribution in [2.75, 3.05) is 24.1 Å². The molecule has 2 aromatic rings. The number of nitrogens with two attached hydrogens (primary N) is 1. The van der Waals surface area contributed by atoms with Crippen LogP contribution in [0.5, 0.6) is 0 Å². The van der Waals surface area contributed by atoms with Crippen LogP contribution in [0.15, 0.2) is 42.5 Å². The van der Waals surface area contributed by atoms with Gasteiger partial charge in [-0.3, -0.25) is 9.59 Å². The van der Waals surface area contributed by atoms with Crippen molar-refractivity contribution in [2.24, 2.45) is 0 Å². The first-order valence-corrected chi connectivity index (χ1v) is 8.68. The highest BCUT2D eigenvalue weighted by molar-refractivity contribution is 6.31. The molecular formula is C19H21Cl2N3O2. The van der Waals surface area contributed by atoms with Gasteiger partial charge in [-0.05, 0) is 61.7 Å². The van der Waals surface area contributed by atoms with Gasteiger partial charge in [-0.2, -0.15) is 0 Å². The predicted molar refractivity (Wildman–Crippen MR) is 107 cm³/mol. The Morgan fingerprint density at radius 2 is 1.65 bits per heavy atom. The highest BCUT2D eigenvalue weighted by Gasteiger charge is 2.22. The molecule has 0 atom stereocenters. The molecule has 2 amide bonds. The van der Waals surface area contributed by atoms with Crippen LogP contribution in [0.4, 0.5) is 11.4 Å². The highest BCUT2D eigenvalue weighted by atomic mass is 35.5. The van der Waals surface area contributed by atoms with Gasteiger partial charge in [0.2, 0.25) is 0 Å². The number of nitrogens with one attached hydrogen (secondary N) is 1. The zero-order valence-corrected chi connectivity index (χ0v) is 15.8. The van der Waals surface area contributed by atoms with Crippen molar-refractivity contribution < 1.29 is 9.59 Å². The monoisotopic (exact) mass is 393 g/mol. The molecule has 0 spiro atoms. The second-order valence-electron chi connectivity index (χ2n) is 6.12. The quantitative estimate of drug-likeness (QED) is 0.766. The fourth-order valence-corrected chi connectivity index (χ4v) is 3.07. The molecule has 0 aliphatic carbocycles. The van der Waals surface area contributed by atoms with E-state index >= 15 is 0 Å². The van der Waals surface area contributed by atoms with E-state index in [9.17, 15) is 9.59 Å². The number of amides is 2. The number of nitrogens with zero attached hydrogens (tertiary/aromatic N) is 1. The average molecular weight is 394 g/mol. The summed E-state index contributed by atoms with van der Waals surface area (Å²) in [5.41, 5.74) is 7.57. The fourth-order valence-electron chi connectivity index (χ4n) is 2.90. The number of anilines is 2. The smallest absolute Gasteiger partial charge is 0.255 e. The van der Waals surface area contributed by atoms with E-state index < -0.39 is 0 Å². The minimum atomic E-state index is -0.310. The van der Waals surface area contributed by atoms with Crippen LogP contribution in [0.1, 0.15) is 40.0 Å². The number of halogens is 2. The molecule has 1 saturated heterocycles. The average Bonchev–Trinajstić information content (AvgIpc) is 2.62. The van der Waals surface area contributed by atoms with E-state index in [1.807, 2.05) is 4.90 Å². The zero-order valence-electron chi connectivity index (χ0n) is 14.2. The molecule has 26 heavy (non-hydrogen) atoms. The number of nitrogen functional groups attached to an aromatic ring is 1. The largest absolute Gasteiger partial charge is 0.399 e. The summed E-state index contributed by atoms with van der Waals surface area (Å²) in [5.74, 6) is -0.390. The van der Waals surface area contributed by atoms with Crippen molar-refractivity contribution in [3.8, 4) is 0 Å². The van der Waals surface area contributed by atoms with Crippen LogP contribution in [0.25, 0.3) is 0 Å². The van der Waals surface area contributed by atoms with Crippen LogP contribution in [0.2, 0.25) is 5.02 Å². The molecule has 0 saturated carbocycles. The maximum atomic E-state index is 12.8. The second-order valence-corrected chi connectivity index (χ2v) is 6.56. The van der Waals surface area contributed by atoms with E-state index in [1.54, 1.807) is 42.5 Å². The molecule has 1 aliphatic heterocycles. The Morgan fingerprint density at radius 1 is 1.00 bits per heavy atom. The van der Waals surface area contributed by atoms with Gasteiger partial charge in [0.25, 0.3) is 11.8 Å². The van der Waals surface area contributed by atoms with E-state index in [0.717, 1.165) is 32.4 Å². The van der Waals surface area contributed by atoms with Crippen LogP contribution in [-0.4, -0.2) is 29.8 Å². The fraction of sp³-hybridized carbons (Fsp3) is 0.263. The SMILES string of the molecule is Cl.Nc1ccc(C(=O)Nc2cc(Cl)ccc2C(=O)N2CCCCC2)cc1. The number of rotatable bonds is 3. The summed E-state index contributed by atoms with van der Waals surface area (Å²) in [7, 11) is 0. The van der Waals surface area contributed by atoms with E-state index in [4.69, 9.17) is 17.3 Å². The van der Waals surface area contributed by atoms with Crippen molar-refractivity contribution in [3.05, 3.63) is 58.6 Å². The Kier molecular flexibility index (Phi) is 6.89. The standard InChI is InChI=1S/C19H20ClN3O2.ClH/c20-14-6-9-16(19(25)23-10-2-1-3-11-23)17(12-14)22-18(24)13-4-7-15(21)8-5-13;/h4-9,12H,1-3,10-11,21H2,(H,22,24);1H. The Bertz CT molecular complexity index is 788. The zero-order chi connectivity index (χ0) is 17.8. The molecule has 3 N–H and O–H groups in total. The lowest BCUT2D eigenvalue weighted by atomic mass is 10.1. The van der Waals surface area contributed by atoms with E-state index in [-0.39, 0.29) is 24.2 Å². The summed E-state index contributed by atoms with van der Waals surface area (Å²) >= 11 is 6.06. The molecule has 0 bridgehead atoms. The van der Waals surface area contributed by atoms with Crippen molar-refractivity contribution in [3.63, 3.8) is 0 Å². The predicted octanol–water partition coefficient (Wildman–Crippen LogP) is 4.22. The Morgan fingerprint density at radius 3 is 2.31 bits per heavy atom. The third kappa shape index (κ3) is 4.68. The van der Waals surface area contributed by atoms with Crippen molar-refractivity contribution in [1.29, 1.82) is 0 Å².